The Labute approximate surface area is 98.6 Å². The summed E-state index contributed by atoms with van der Waals surface area (Å²) < 4.78 is 9.17. The highest BCUT2D eigenvalue weighted by molar-refractivity contribution is 7.10. The van der Waals surface area contributed by atoms with Gasteiger partial charge in [0.2, 0.25) is 0 Å². The van der Waals surface area contributed by atoms with Crippen molar-refractivity contribution < 1.29 is 4.74 Å². The quantitative estimate of drug-likeness (QED) is 0.852. The summed E-state index contributed by atoms with van der Waals surface area (Å²) in [6, 6.07) is 2.12. The third-order valence-corrected chi connectivity index (χ3v) is 3.71. The van der Waals surface area contributed by atoms with Gasteiger partial charge in [-0.3, -0.25) is 0 Å². The molecule has 86 valence electrons. The summed E-state index contributed by atoms with van der Waals surface area (Å²) in [5.41, 5.74) is 6.15. The molecule has 1 aromatic rings. The average molecular weight is 238 g/mol. The van der Waals surface area contributed by atoms with Gasteiger partial charge in [0.15, 0.2) is 5.82 Å². The first kappa shape index (κ1) is 11.2. The van der Waals surface area contributed by atoms with E-state index in [1.807, 2.05) is 0 Å². The zero-order valence-electron chi connectivity index (χ0n) is 9.14. The Hall–Kier alpha value is -1.32. The van der Waals surface area contributed by atoms with Gasteiger partial charge in [0.1, 0.15) is 16.6 Å². The number of nitriles is 1. The Morgan fingerprint density at radius 2 is 2.56 bits per heavy atom. The minimum absolute atomic E-state index is 0.345. The molecule has 1 saturated heterocycles. The van der Waals surface area contributed by atoms with E-state index in [9.17, 15) is 0 Å². The van der Waals surface area contributed by atoms with Crippen molar-refractivity contribution >= 4 is 22.4 Å². The van der Waals surface area contributed by atoms with Crippen LogP contribution < -0.4 is 10.6 Å². The Kier molecular flexibility index (Phi) is 3.27. The molecule has 1 aromatic heterocycles. The van der Waals surface area contributed by atoms with Crippen LogP contribution in [0.1, 0.15) is 12.0 Å². The number of nitrogen functional groups attached to an aromatic ring is 1. The molecule has 5 nitrogen and oxygen atoms in total. The first-order valence-electron chi connectivity index (χ1n) is 5.15. The topological polar surface area (TPSA) is 75.2 Å². The van der Waals surface area contributed by atoms with Crippen molar-refractivity contribution in [2.45, 2.75) is 6.42 Å². The van der Waals surface area contributed by atoms with E-state index in [0.717, 1.165) is 31.1 Å². The summed E-state index contributed by atoms with van der Waals surface area (Å²) in [6.07, 6.45) is 1.09. The molecule has 1 aliphatic heterocycles. The van der Waals surface area contributed by atoms with Crippen molar-refractivity contribution in [1.29, 1.82) is 5.26 Å². The van der Waals surface area contributed by atoms with Gasteiger partial charge in [0.25, 0.3) is 0 Å². The molecular formula is C10H14N4OS. The van der Waals surface area contributed by atoms with Crippen molar-refractivity contribution in [3.63, 3.8) is 0 Å². The van der Waals surface area contributed by atoms with Crippen LogP contribution >= 0.6 is 11.5 Å². The highest BCUT2D eigenvalue weighted by Gasteiger charge is 2.26. The van der Waals surface area contributed by atoms with Gasteiger partial charge in [-0.2, -0.15) is 9.64 Å². The molecule has 0 aromatic carbocycles. The zero-order chi connectivity index (χ0) is 11.5. The van der Waals surface area contributed by atoms with Gasteiger partial charge in [0, 0.05) is 26.1 Å². The minimum atomic E-state index is 0.345. The first-order chi connectivity index (χ1) is 7.76. The summed E-state index contributed by atoms with van der Waals surface area (Å²) in [4.78, 5) is 2.18. The molecule has 1 unspecified atom stereocenters. The summed E-state index contributed by atoms with van der Waals surface area (Å²) in [5, 5.41) is 9.90. The van der Waals surface area contributed by atoms with E-state index in [4.69, 9.17) is 15.7 Å². The molecule has 0 bridgehead atoms. The second kappa shape index (κ2) is 4.68. The van der Waals surface area contributed by atoms with Crippen LogP contribution in [0.15, 0.2) is 0 Å². The number of nitrogens with zero attached hydrogens (tertiary/aromatic N) is 3. The van der Waals surface area contributed by atoms with E-state index in [1.54, 1.807) is 7.11 Å². The summed E-state index contributed by atoms with van der Waals surface area (Å²) in [6.45, 7) is 2.64. The number of aromatic nitrogens is 1. The third-order valence-electron chi connectivity index (χ3n) is 2.79. The lowest BCUT2D eigenvalue weighted by atomic mass is 10.1. The number of hydrogen-bond donors (Lipinski definition) is 1. The van der Waals surface area contributed by atoms with Crippen LogP contribution in [-0.2, 0) is 4.74 Å². The number of ether oxygens (including phenoxy) is 1. The van der Waals surface area contributed by atoms with Crippen LogP contribution in [0.2, 0.25) is 0 Å². The fraction of sp³-hybridized carbons (Fsp3) is 0.600. The second-order valence-corrected chi connectivity index (χ2v) is 4.67. The average Bonchev–Trinajstić information content (AvgIpc) is 2.85. The fourth-order valence-electron chi connectivity index (χ4n) is 2.00. The van der Waals surface area contributed by atoms with E-state index in [1.165, 1.54) is 11.5 Å². The third kappa shape index (κ3) is 1.96. The van der Waals surface area contributed by atoms with Crippen LogP contribution in [0.25, 0.3) is 0 Å². The molecule has 0 radical (unpaired) electrons. The Bertz CT molecular complexity index is 411. The molecule has 0 amide bonds. The summed E-state index contributed by atoms with van der Waals surface area (Å²) in [5.74, 6) is 0.887. The van der Waals surface area contributed by atoms with Crippen LogP contribution in [0.5, 0.6) is 0 Å². The van der Waals surface area contributed by atoms with Gasteiger partial charge in [-0.05, 0) is 18.0 Å². The number of anilines is 2. The fourth-order valence-corrected chi connectivity index (χ4v) is 2.80. The van der Waals surface area contributed by atoms with Crippen molar-refractivity contribution in [3.05, 3.63) is 5.56 Å². The zero-order valence-corrected chi connectivity index (χ0v) is 9.96. The molecule has 0 saturated carbocycles. The maximum atomic E-state index is 9.00. The monoisotopic (exact) mass is 238 g/mol. The Morgan fingerprint density at radius 1 is 1.75 bits per heavy atom. The van der Waals surface area contributed by atoms with Crippen molar-refractivity contribution in [3.8, 4) is 6.07 Å². The lowest BCUT2D eigenvalue weighted by molar-refractivity contribution is 0.161. The largest absolute Gasteiger partial charge is 0.384 e. The minimum Gasteiger partial charge on any atom is -0.384 e. The van der Waals surface area contributed by atoms with Crippen LogP contribution in [0, 0.1) is 17.2 Å². The van der Waals surface area contributed by atoms with Gasteiger partial charge >= 0.3 is 0 Å². The number of hydrogen-bond acceptors (Lipinski definition) is 6. The number of rotatable bonds is 3. The molecule has 6 heteroatoms. The van der Waals surface area contributed by atoms with E-state index >= 15 is 0 Å². The molecule has 16 heavy (non-hydrogen) atoms. The van der Waals surface area contributed by atoms with E-state index in [0.29, 0.717) is 17.3 Å². The van der Waals surface area contributed by atoms with Crippen LogP contribution in [0.4, 0.5) is 10.8 Å². The van der Waals surface area contributed by atoms with Gasteiger partial charge in [0.05, 0.1) is 6.61 Å². The maximum absolute atomic E-state index is 9.00. The predicted octanol–water partition coefficient (Wildman–Crippen LogP) is 1.07. The second-order valence-electron chi connectivity index (χ2n) is 3.92. The van der Waals surface area contributed by atoms with Crippen molar-refractivity contribution in [2.24, 2.45) is 5.92 Å². The SMILES string of the molecule is COCC1CCN(c2snc(N)c2C#N)C1. The summed E-state index contributed by atoms with van der Waals surface area (Å²) >= 11 is 1.31. The Morgan fingerprint density at radius 3 is 3.25 bits per heavy atom. The number of nitrogens with two attached hydrogens (primary N) is 1. The predicted molar refractivity (Wildman–Crippen MR) is 63.4 cm³/mol. The normalized spacial score (nSPS) is 20.0. The van der Waals surface area contributed by atoms with E-state index in [2.05, 4.69) is 15.3 Å². The van der Waals surface area contributed by atoms with E-state index in [-0.39, 0.29) is 0 Å². The molecule has 1 atom stereocenters. The lowest BCUT2D eigenvalue weighted by Gasteiger charge is -2.15. The molecule has 1 aliphatic rings. The molecule has 2 heterocycles. The van der Waals surface area contributed by atoms with Gasteiger partial charge in [-0.25, -0.2) is 0 Å². The molecule has 2 rings (SSSR count). The van der Waals surface area contributed by atoms with E-state index < -0.39 is 0 Å². The lowest BCUT2D eigenvalue weighted by Crippen LogP contribution is -2.20. The molecular weight excluding hydrogens is 224 g/mol. The first-order valence-corrected chi connectivity index (χ1v) is 5.92. The van der Waals surface area contributed by atoms with Crippen LogP contribution in [-0.4, -0.2) is 31.2 Å². The molecule has 2 N–H and O–H groups in total. The van der Waals surface area contributed by atoms with Crippen molar-refractivity contribution in [1.82, 2.24) is 4.37 Å². The smallest absolute Gasteiger partial charge is 0.157 e. The maximum Gasteiger partial charge on any atom is 0.157 e. The van der Waals surface area contributed by atoms with Gasteiger partial charge < -0.3 is 15.4 Å². The molecule has 1 fully saturated rings. The van der Waals surface area contributed by atoms with Gasteiger partial charge in [-0.1, -0.05) is 0 Å². The highest BCUT2D eigenvalue weighted by atomic mass is 32.1. The highest BCUT2D eigenvalue weighted by Crippen LogP contribution is 2.33. The van der Waals surface area contributed by atoms with Gasteiger partial charge in [-0.15, -0.1) is 0 Å². The van der Waals surface area contributed by atoms with Crippen LogP contribution in [0.3, 0.4) is 0 Å². The van der Waals surface area contributed by atoms with Crippen molar-refractivity contribution in [2.75, 3.05) is 37.4 Å². The summed E-state index contributed by atoms with van der Waals surface area (Å²) in [7, 11) is 1.72. The number of methoxy groups -OCH3 is 1. The standard InChI is InChI=1S/C10H14N4OS/c1-15-6-7-2-3-14(5-7)10-8(4-11)9(12)13-16-10/h7H,2-3,5-6H2,1H3,(H2,12,13). The molecule has 0 aliphatic carbocycles. The molecule has 0 spiro atoms. The Balaban J connectivity index is 2.12.